The Morgan fingerprint density at radius 2 is 1.42 bits per heavy atom. The Labute approximate surface area is 159 Å². The lowest BCUT2D eigenvalue weighted by atomic mass is 9.59. The van der Waals surface area contributed by atoms with Gasteiger partial charge in [-0.05, 0) is 87.9 Å². The van der Waals surface area contributed by atoms with Gasteiger partial charge in [0.15, 0.2) is 0 Å². The first-order valence-electron chi connectivity index (χ1n) is 10.9. The number of hydrogen-bond acceptors (Lipinski definition) is 3. The monoisotopic (exact) mass is 362 g/mol. The Bertz CT molecular complexity index is 540. The van der Waals surface area contributed by atoms with E-state index in [4.69, 9.17) is 4.74 Å². The zero-order valence-electron chi connectivity index (χ0n) is 17.4. The fourth-order valence-corrected chi connectivity index (χ4v) is 5.60. The van der Waals surface area contributed by atoms with E-state index in [0.29, 0.717) is 10.8 Å². The lowest BCUT2D eigenvalue weighted by Crippen LogP contribution is -2.36. The maximum Gasteiger partial charge on any atom is 0.319 e. The van der Waals surface area contributed by atoms with E-state index in [0.717, 1.165) is 44.4 Å². The second kappa shape index (κ2) is 7.28. The lowest BCUT2D eigenvalue weighted by molar-refractivity contribution is -0.167. The van der Waals surface area contributed by atoms with Crippen molar-refractivity contribution in [2.24, 2.45) is 28.1 Å². The number of rotatable bonds is 1. The molecule has 2 aliphatic carbocycles. The third-order valence-corrected chi connectivity index (χ3v) is 8.18. The van der Waals surface area contributed by atoms with Crippen molar-refractivity contribution in [2.75, 3.05) is 0 Å². The molecule has 2 saturated carbocycles. The Hall–Kier alpha value is -0.860. The van der Waals surface area contributed by atoms with Crippen molar-refractivity contribution in [1.82, 2.24) is 0 Å². The SMILES string of the molecule is CC1(C)CCC(C)(C2CCCC3CCC(C)(CCC2)C(=O)OC3=O)CC1. The first-order valence-corrected chi connectivity index (χ1v) is 10.9. The van der Waals surface area contributed by atoms with Gasteiger partial charge in [-0.3, -0.25) is 9.59 Å². The highest BCUT2D eigenvalue weighted by Gasteiger charge is 2.44. The molecule has 0 spiro atoms. The van der Waals surface area contributed by atoms with Crippen molar-refractivity contribution in [1.29, 1.82) is 0 Å². The average molecular weight is 363 g/mol. The zero-order valence-corrected chi connectivity index (χ0v) is 17.4. The number of carbonyl (C=O) groups is 2. The molecule has 3 aliphatic rings. The van der Waals surface area contributed by atoms with Crippen molar-refractivity contribution in [3.05, 3.63) is 0 Å². The number of esters is 2. The van der Waals surface area contributed by atoms with Gasteiger partial charge < -0.3 is 4.74 Å². The van der Waals surface area contributed by atoms with Crippen LogP contribution in [0.25, 0.3) is 0 Å². The van der Waals surface area contributed by atoms with Crippen LogP contribution in [0.4, 0.5) is 0 Å². The number of ether oxygens (including phenoxy) is 1. The summed E-state index contributed by atoms with van der Waals surface area (Å²) in [6, 6.07) is 0. The van der Waals surface area contributed by atoms with Crippen LogP contribution in [-0.4, -0.2) is 11.9 Å². The highest BCUT2D eigenvalue weighted by atomic mass is 16.6. The molecule has 148 valence electrons. The number of carbonyl (C=O) groups excluding carboxylic acids is 2. The average Bonchev–Trinajstić information content (AvgIpc) is 2.70. The predicted octanol–water partition coefficient (Wildman–Crippen LogP) is 6.05. The van der Waals surface area contributed by atoms with Crippen LogP contribution in [-0.2, 0) is 14.3 Å². The fraction of sp³-hybridized carbons (Fsp3) is 0.913. The summed E-state index contributed by atoms with van der Waals surface area (Å²) in [5, 5.41) is 0. The van der Waals surface area contributed by atoms with E-state index in [1.807, 2.05) is 6.92 Å². The van der Waals surface area contributed by atoms with E-state index in [1.165, 1.54) is 38.5 Å². The Kier molecular flexibility index (Phi) is 5.57. The molecule has 3 heteroatoms. The minimum atomic E-state index is -0.464. The van der Waals surface area contributed by atoms with Crippen LogP contribution >= 0.6 is 0 Å². The van der Waals surface area contributed by atoms with Crippen molar-refractivity contribution < 1.29 is 14.3 Å². The van der Waals surface area contributed by atoms with Crippen LogP contribution in [0, 0.1) is 28.1 Å². The van der Waals surface area contributed by atoms with Gasteiger partial charge >= 0.3 is 11.9 Å². The van der Waals surface area contributed by atoms with Gasteiger partial charge in [0.1, 0.15) is 0 Å². The quantitative estimate of drug-likeness (QED) is 0.421. The third-order valence-electron chi connectivity index (χ3n) is 8.18. The maximum absolute atomic E-state index is 12.5. The topological polar surface area (TPSA) is 43.4 Å². The molecular formula is C23H38O3. The standard InChI is InChI=1S/C23H38O3/c1-21(2)13-15-22(3,16-14-21)18-8-5-7-17-10-12-23(4,11-6-9-18)20(25)26-19(17)24/h17-18H,5-16H2,1-4H3. The van der Waals surface area contributed by atoms with Crippen molar-refractivity contribution >= 4 is 11.9 Å². The van der Waals surface area contributed by atoms with Crippen molar-refractivity contribution in [2.45, 2.75) is 105 Å². The first kappa shape index (κ1) is 19.9. The minimum Gasteiger partial charge on any atom is -0.393 e. The molecule has 0 aromatic heterocycles. The van der Waals surface area contributed by atoms with Crippen LogP contribution in [0.15, 0.2) is 0 Å². The van der Waals surface area contributed by atoms with Gasteiger partial charge in [-0.2, -0.15) is 0 Å². The predicted molar refractivity (Wildman–Crippen MR) is 103 cm³/mol. The summed E-state index contributed by atoms with van der Waals surface area (Å²) < 4.78 is 5.22. The second-order valence-electron chi connectivity index (χ2n) is 10.8. The van der Waals surface area contributed by atoms with Gasteiger partial charge in [0.05, 0.1) is 11.3 Å². The van der Waals surface area contributed by atoms with Crippen molar-refractivity contribution in [3.63, 3.8) is 0 Å². The van der Waals surface area contributed by atoms with Gasteiger partial charge in [0.2, 0.25) is 0 Å². The third kappa shape index (κ3) is 4.17. The van der Waals surface area contributed by atoms with Gasteiger partial charge in [-0.1, -0.05) is 33.6 Å². The molecular weight excluding hydrogens is 324 g/mol. The summed E-state index contributed by atoms with van der Waals surface area (Å²) in [5.74, 6) is 0.124. The number of fused-ring (bicyclic) bond motifs is 3. The summed E-state index contributed by atoms with van der Waals surface area (Å²) in [4.78, 5) is 24.8. The number of cyclic esters (lactones) is 2. The number of hydrogen-bond donors (Lipinski definition) is 0. The largest absolute Gasteiger partial charge is 0.393 e. The Morgan fingerprint density at radius 3 is 2.12 bits per heavy atom. The molecule has 0 N–H and O–H groups in total. The van der Waals surface area contributed by atoms with E-state index in [2.05, 4.69) is 20.8 Å². The summed E-state index contributed by atoms with van der Waals surface area (Å²) >= 11 is 0. The van der Waals surface area contributed by atoms with Crippen LogP contribution in [0.5, 0.6) is 0 Å². The van der Waals surface area contributed by atoms with E-state index in [9.17, 15) is 9.59 Å². The summed E-state index contributed by atoms with van der Waals surface area (Å²) in [6.45, 7) is 9.34. The maximum atomic E-state index is 12.5. The van der Waals surface area contributed by atoms with Crippen LogP contribution < -0.4 is 0 Å². The smallest absolute Gasteiger partial charge is 0.319 e. The molecule has 3 atom stereocenters. The van der Waals surface area contributed by atoms with E-state index < -0.39 is 5.41 Å². The Balaban J connectivity index is 1.74. The van der Waals surface area contributed by atoms with Gasteiger partial charge in [-0.15, -0.1) is 0 Å². The molecule has 2 bridgehead atoms. The van der Waals surface area contributed by atoms with Gasteiger partial charge in [0, 0.05) is 0 Å². The van der Waals surface area contributed by atoms with Gasteiger partial charge in [0.25, 0.3) is 0 Å². The molecule has 0 aromatic carbocycles. The summed E-state index contributed by atoms with van der Waals surface area (Å²) in [6.07, 6.45) is 13.3. The van der Waals surface area contributed by atoms with Crippen LogP contribution in [0.3, 0.4) is 0 Å². The highest BCUT2D eigenvalue weighted by Crippen LogP contribution is 2.52. The van der Waals surface area contributed by atoms with Crippen LogP contribution in [0.2, 0.25) is 0 Å². The molecule has 1 aliphatic heterocycles. The van der Waals surface area contributed by atoms with Crippen molar-refractivity contribution in [3.8, 4) is 0 Å². The molecule has 3 unspecified atom stereocenters. The molecule has 3 nitrogen and oxygen atoms in total. The zero-order chi connectivity index (χ0) is 19.0. The fourth-order valence-electron chi connectivity index (χ4n) is 5.60. The van der Waals surface area contributed by atoms with Gasteiger partial charge in [-0.25, -0.2) is 0 Å². The summed E-state index contributed by atoms with van der Waals surface area (Å²) in [5.41, 5.74) is 0.465. The lowest BCUT2D eigenvalue weighted by Gasteiger charge is -2.46. The molecule has 0 radical (unpaired) electrons. The normalized spacial score (nSPS) is 38.2. The summed E-state index contributed by atoms with van der Waals surface area (Å²) in [7, 11) is 0. The van der Waals surface area contributed by atoms with Crippen LogP contribution in [0.1, 0.15) is 105 Å². The molecule has 1 heterocycles. The Morgan fingerprint density at radius 1 is 0.769 bits per heavy atom. The molecule has 3 fully saturated rings. The molecule has 1 saturated heterocycles. The molecule has 26 heavy (non-hydrogen) atoms. The van der Waals surface area contributed by atoms with E-state index in [-0.39, 0.29) is 17.9 Å². The van der Waals surface area contributed by atoms with E-state index in [1.54, 1.807) is 0 Å². The molecule has 0 aromatic rings. The van der Waals surface area contributed by atoms with E-state index >= 15 is 0 Å². The molecule has 3 rings (SSSR count). The first-order chi connectivity index (χ1) is 12.1. The second-order valence-corrected chi connectivity index (χ2v) is 10.8. The minimum absolute atomic E-state index is 0.0716. The highest BCUT2D eigenvalue weighted by molar-refractivity contribution is 5.90. The molecule has 0 amide bonds.